The summed E-state index contributed by atoms with van der Waals surface area (Å²) in [5.74, 6) is -0.239. The highest BCUT2D eigenvalue weighted by molar-refractivity contribution is 9.10. The lowest BCUT2D eigenvalue weighted by molar-refractivity contribution is 0.102. The van der Waals surface area contributed by atoms with E-state index < -0.39 is 0 Å². The van der Waals surface area contributed by atoms with E-state index in [9.17, 15) is 4.79 Å². The number of hydrogen-bond acceptors (Lipinski definition) is 4. The number of hydrogen-bond donors (Lipinski definition) is 1. The average molecular weight is 347 g/mol. The van der Waals surface area contributed by atoms with Crippen molar-refractivity contribution in [3.63, 3.8) is 0 Å². The fraction of sp³-hybridized carbons (Fsp3) is 0.182. The third-order valence-corrected chi connectivity index (χ3v) is 4.04. The van der Waals surface area contributed by atoms with Gasteiger partial charge in [0.05, 0.1) is 5.56 Å². The first-order chi connectivity index (χ1) is 8.60. The maximum atomic E-state index is 12.0. The van der Waals surface area contributed by atoms with E-state index in [1.54, 1.807) is 18.2 Å². The number of amides is 1. The van der Waals surface area contributed by atoms with Crippen molar-refractivity contribution >= 4 is 49.9 Å². The minimum Gasteiger partial charge on any atom is -0.296 e. The maximum Gasteiger partial charge on any atom is 0.258 e. The molecule has 1 amide bonds. The summed E-state index contributed by atoms with van der Waals surface area (Å²) in [4.78, 5) is 12.0. The molecule has 1 N–H and O–H groups in total. The van der Waals surface area contributed by atoms with E-state index in [1.807, 2.05) is 6.92 Å². The Hall–Kier alpha value is -0.980. The van der Waals surface area contributed by atoms with Crippen LogP contribution < -0.4 is 5.32 Å². The predicted molar refractivity (Wildman–Crippen MR) is 76.4 cm³/mol. The molecule has 0 aliphatic carbocycles. The standard InChI is InChI=1S/C11H9BrClN3OS/c1-2-9-15-16-11(18-9)14-10(17)7-4-3-6(13)5-8(7)12/h3-5H,2H2,1H3,(H,14,16,17). The molecule has 7 heteroatoms. The van der Waals surface area contributed by atoms with Gasteiger partial charge in [0.15, 0.2) is 0 Å². The largest absolute Gasteiger partial charge is 0.296 e. The van der Waals surface area contributed by atoms with Gasteiger partial charge in [-0.1, -0.05) is 29.9 Å². The first kappa shape index (κ1) is 13.5. The van der Waals surface area contributed by atoms with Crippen LogP contribution >= 0.6 is 38.9 Å². The Morgan fingerprint density at radius 3 is 2.89 bits per heavy atom. The summed E-state index contributed by atoms with van der Waals surface area (Å²) >= 11 is 10.5. The summed E-state index contributed by atoms with van der Waals surface area (Å²) in [5, 5.41) is 12.5. The Morgan fingerprint density at radius 1 is 1.50 bits per heavy atom. The van der Waals surface area contributed by atoms with E-state index in [2.05, 4.69) is 31.4 Å². The van der Waals surface area contributed by atoms with Crippen molar-refractivity contribution in [2.24, 2.45) is 0 Å². The molecule has 0 unspecified atom stereocenters. The zero-order chi connectivity index (χ0) is 13.1. The molecule has 0 atom stereocenters. The number of anilines is 1. The molecule has 94 valence electrons. The van der Waals surface area contributed by atoms with Gasteiger partial charge in [-0.25, -0.2) is 0 Å². The zero-order valence-corrected chi connectivity index (χ0v) is 12.6. The molecule has 1 aromatic carbocycles. The van der Waals surface area contributed by atoms with E-state index in [0.29, 0.717) is 20.2 Å². The molecule has 0 spiro atoms. The van der Waals surface area contributed by atoms with Crippen molar-refractivity contribution < 1.29 is 4.79 Å². The number of nitrogens with one attached hydrogen (secondary N) is 1. The van der Waals surface area contributed by atoms with Gasteiger partial charge < -0.3 is 0 Å². The molecular formula is C11H9BrClN3OS. The van der Waals surface area contributed by atoms with Crippen molar-refractivity contribution in [2.45, 2.75) is 13.3 Å². The predicted octanol–water partition coefficient (Wildman–Crippen LogP) is 3.77. The van der Waals surface area contributed by atoms with Crippen LogP contribution in [0, 0.1) is 0 Å². The van der Waals surface area contributed by atoms with Crippen LogP contribution in [0.1, 0.15) is 22.3 Å². The molecule has 0 aliphatic rings. The molecule has 18 heavy (non-hydrogen) atoms. The van der Waals surface area contributed by atoms with Crippen molar-refractivity contribution in [1.29, 1.82) is 0 Å². The van der Waals surface area contributed by atoms with Crippen LogP contribution in [0.4, 0.5) is 5.13 Å². The lowest BCUT2D eigenvalue weighted by Crippen LogP contribution is -2.12. The molecule has 0 radical (unpaired) electrons. The Bertz CT molecular complexity index is 587. The lowest BCUT2D eigenvalue weighted by Gasteiger charge is -2.03. The Kier molecular flexibility index (Phi) is 4.31. The van der Waals surface area contributed by atoms with E-state index >= 15 is 0 Å². The zero-order valence-electron chi connectivity index (χ0n) is 9.41. The van der Waals surface area contributed by atoms with Crippen molar-refractivity contribution in [3.8, 4) is 0 Å². The molecule has 0 saturated heterocycles. The molecule has 0 aliphatic heterocycles. The Morgan fingerprint density at radius 2 is 2.28 bits per heavy atom. The number of aryl methyl sites for hydroxylation is 1. The van der Waals surface area contributed by atoms with Gasteiger partial charge in [0.1, 0.15) is 5.01 Å². The normalized spacial score (nSPS) is 10.4. The van der Waals surface area contributed by atoms with Gasteiger partial charge in [-0.2, -0.15) is 0 Å². The molecule has 0 bridgehead atoms. The van der Waals surface area contributed by atoms with Crippen LogP contribution in [0.15, 0.2) is 22.7 Å². The highest BCUT2D eigenvalue weighted by Crippen LogP contribution is 2.23. The lowest BCUT2D eigenvalue weighted by atomic mass is 10.2. The molecule has 1 heterocycles. The maximum absolute atomic E-state index is 12.0. The molecule has 2 aromatic rings. The second-order valence-corrected chi connectivity index (χ2v) is 5.79. The number of benzene rings is 1. The second-order valence-electron chi connectivity index (χ2n) is 3.43. The van der Waals surface area contributed by atoms with Gasteiger partial charge in [-0.15, -0.1) is 10.2 Å². The number of carbonyl (C=O) groups is 1. The van der Waals surface area contributed by atoms with E-state index in [-0.39, 0.29) is 5.91 Å². The first-order valence-corrected chi connectivity index (χ1v) is 7.17. The molecule has 1 aromatic heterocycles. The third kappa shape index (κ3) is 3.07. The Balaban J connectivity index is 2.16. The number of rotatable bonds is 3. The quantitative estimate of drug-likeness (QED) is 0.920. The monoisotopic (exact) mass is 345 g/mol. The summed E-state index contributed by atoms with van der Waals surface area (Å²) in [6, 6.07) is 5.00. The fourth-order valence-corrected chi connectivity index (χ4v) is 2.82. The van der Waals surface area contributed by atoms with E-state index in [0.717, 1.165) is 11.4 Å². The fourth-order valence-electron chi connectivity index (χ4n) is 1.29. The highest BCUT2D eigenvalue weighted by Gasteiger charge is 2.12. The van der Waals surface area contributed by atoms with Crippen LogP contribution in [0.5, 0.6) is 0 Å². The molecule has 4 nitrogen and oxygen atoms in total. The van der Waals surface area contributed by atoms with Gasteiger partial charge in [0.25, 0.3) is 5.91 Å². The first-order valence-electron chi connectivity index (χ1n) is 5.19. The summed E-state index contributed by atoms with van der Waals surface area (Å²) in [7, 11) is 0. The smallest absolute Gasteiger partial charge is 0.258 e. The number of aromatic nitrogens is 2. The van der Waals surface area contributed by atoms with E-state index in [4.69, 9.17) is 11.6 Å². The minimum absolute atomic E-state index is 0.239. The van der Waals surface area contributed by atoms with Crippen LogP contribution in [0.25, 0.3) is 0 Å². The molecule has 0 fully saturated rings. The molecular weight excluding hydrogens is 338 g/mol. The molecule has 2 rings (SSSR count). The van der Waals surface area contributed by atoms with Gasteiger partial charge in [0.2, 0.25) is 5.13 Å². The number of halogens is 2. The van der Waals surface area contributed by atoms with Gasteiger partial charge in [-0.3, -0.25) is 10.1 Å². The van der Waals surface area contributed by atoms with Crippen molar-refractivity contribution in [2.75, 3.05) is 5.32 Å². The van der Waals surface area contributed by atoms with Gasteiger partial charge in [0, 0.05) is 9.50 Å². The Labute approximate surface area is 122 Å². The number of carbonyl (C=O) groups excluding carboxylic acids is 1. The van der Waals surface area contributed by atoms with Crippen LogP contribution in [0.2, 0.25) is 5.02 Å². The minimum atomic E-state index is -0.239. The average Bonchev–Trinajstić information content (AvgIpc) is 2.76. The number of nitrogens with zero attached hydrogens (tertiary/aromatic N) is 2. The van der Waals surface area contributed by atoms with Crippen LogP contribution in [0.3, 0.4) is 0 Å². The summed E-state index contributed by atoms with van der Waals surface area (Å²) in [5.41, 5.74) is 0.507. The summed E-state index contributed by atoms with van der Waals surface area (Å²) in [6.07, 6.45) is 0.804. The van der Waals surface area contributed by atoms with Crippen LogP contribution in [-0.2, 0) is 6.42 Å². The summed E-state index contributed by atoms with van der Waals surface area (Å²) in [6.45, 7) is 1.99. The highest BCUT2D eigenvalue weighted by atomic mass is 79.9. The second kappa shape index (κ2) is 5.77. The SMILES string of the molecule is CCc1nnc(NC(=O)c2ccc(Cl)cc2Br)s1. The van der Waals surface area contributed by atoms with Crippen LogP contribution in [-0.4, -0.2) is 16.1 Å². The van der Waals surface area contributed by atoms with Gasteiger partial charge in [-0.05, 0) is 40.5 Å². The van der Waals surface area contributed by atoms with Crippen molar-refractivity contribution in [1.82, 2.24) is 10.2 Å². The van der Waals surface area contributed by atoms with Crippen molar-refractivity contribution in [3.05, 3.63) is 38.3 Å². The summed E-state index contributed by atoms with van der Waals surface area (Å²) < 4.78 is 0.646. The third-order valence-electron chi connectivity index (χ3n) is 2.17. The van der Waals surface area contributed by atoms with E-state index in [1.165, 1.54) is 11.3 Å². The molecule has 0 saturated carbocycles. The topological polar surface area (TPSA) is 54.9 Å². The van der Waals surface area contributed by atoms with Gasteiger partial charge >= 0.3 is 0 Å².